The summed E-state index contributed by atoms with van der Waals surface area (Å²) in [6.07, 6.45) is -6.80. The van der Waals surface area contributed by atoms with Crippen LogP contribution in [0.5, 0.6) is 5.75 Å². The van der Waals surface area contributed by atoms with E-state index in [1.165, 1.54) is 24.3 Å². The fourth-order valence-electron chi connectivity index (χ4n) is 1.75. The number of rotatable bonds is 3. The van der Waals surface area contributed by atoms with E-state index in [0.717, 1.165) is 6.07 Å². The van der Waals surface area contributed by atoms with Gasteiger partial charge in [-0.1, -0.05) is 30.3 Å². The van der Waals surface area contributed by atoms with Gasteiger partial charge in [0.25, 0.3) is 0 Å². The maximum atomic E-state index is 13.2. The van der Waals surface area contributed by atoms with E-state index in [0.29, 0.717) is 0 Å². The number of hydrogen-bond acceptors (Lipinski definition) is 5. The third-order valence-electron chi connectivity index (χ3n) is 2.71. The topological polar surface area (TPSA) is 100 Å². The molecule has 1 unspecified atom stereocenters. The molecule has 0 spiro atoms. The van der Waals surface area contributed by atoms with Gasteiger partial charge in [-0.25, -0.2) is 4.98 Å². The highest BCUT2D eigenvalue weighted by Crippen LogP contribution is 2.39. The van der Waals surface area contributed by atoms with Gasteiger partial charge in [0.15, 0.2) is 11.6 Å². The smallest absolute Gasteiger partial charge is 0.429 e. The first-order chi connectivity index (χ1) is 9.79. The Morgan fingerprint density at radius 3 is 2.24 bits per heavy atom. The van der Waals surface area contributed by atoms with Crippen LogP contribution in [-0.4, -0.2) is 11.2 Å². The van der Waals surface area contributed by atoms with Gasteiger partial charge in [-0.15, -0.1) is 0 Å². The van der Waals surface area contributed by atoms with Gasteiger partial charge >= 0.3 is 6.18 Å². The molecule has 0 bridgehead atoms. The van der Waals surface area contributed by atoms with Crippen LogP contribution in [0.4, 0.5) is 30.5 Å². The van der Waals surface area contributed by atoms with Crippen LogP contribution in [0.2, 0.25) is 0 Å². The Morgan fingerprint density at radius 1 is 1.05 bits per heavy atom. The second-order valence-corrected chi connectivity index (χ2v) is 4.29. The van der Waals surface area contributed by atoms with Crippen LogP contribution in [0.3, 0.4) is 0 Å². The summed E-state index contributed by atoms with van der Waals surface area (Å²) < 4.78 is 44.5. The summed E-state index contributed by atoms with van der Waals surface area (Å²) in [5, 5.41) is 0. The van der Waals surface area contributed by atoms with E-state index in [4.69, 9.17) is 21.9 Å². The number of nitrogen functional groups attached to an aromatic ring is 3. The molecule has 0 aliphatic carbocycles. The summed E-state index contributed by atoms with van der Waals surface area (Å²) in [6, 6.07) is 8.29. The molecule has 0 radical (unpaired) electrons. The van der Waals surface area contributed by atoms with Crippen molar-refractivity contribution in [2.45, 2.75) is 12.3 Å². The minimum absolute atomic E-state index is 0.0571. The molecule has 1 atom stereocenters. The number of halogens is 3. The molecule has 21 heavy (non-hydrogen) atoms. The number of hydrogen-bond donors (Lipinski definition) is 3. The molecule has 0 aliphatic rings. The Kier molecular flexibility index (Phi) is 3.79. The third-order valence-corrected chi connectivity index (χ3v) is 2.71. The highest BCUT2D eigenvalue weighted by molar-refractivity contribution is 5.70. The first-order valence-electron chi connectivity index (χ1n) is 5.89. The lowest BCUT2D eigenvalue weighted by atomic mass is 10.1. The van der Waals surface area contributed by atoms with Crippen LogP contribution >= 0.6 is 0 Å². The summed E-state index contributed by atoms with van der Waals surface area (Å²) in [7, 11) is 0. The van der Waals surface area contributed by atoms with E-state index < -0.39 is 12.3 Å². The van der Waals surface area contributed by atoms with E-state index >= 15 is 0 Å². The predicted molar refractivity (Wildman–Crippen MR) is 73.3 cm³/mol. The molecule has 0 saturated heterocycles. The molecule has 1 aromatic carbocycles. The number of alkyl halides is 3. The van der Waals surface area contributed by atoms with Gasteiger partial charge < -0.3 is 21.9 Å². The van der Waals surface area contributed by atoms with Crippen molar-refractivity contribution in [3.63, 3.8) is 0 Å². The lowest BCUT2D eigenvalue weighted by Crippen LogP contribution is -2.26. The van der Waals surface area contributed by atoms with Crippen LogP contribution in [0.1, 0.15) is 11.7 Å². The molecule has 1 heterocycles. The fraction of sp³-hybridized carbons (Fsp3) is 0.154. The minimum atomic E-state index is -4.62. The molecule has 2 rings (SSSR count). The monoisotopic (exact) mass is 298 g/mol. The molecule has 112 valence electrons. The fourth-order valence-corrected chi connectivity index (χ4v) is 1.75. The molecular weight excluding hydrogens is 285 g/mol. The maximum absolute atomic E-state index is 13.2. The molecular formula is C13H13F3N4O. The lowest BCUT2D eigenvalue weighted by Gasteiger charge is -2.23. The first-order valence-corrected chi connectivity index (χ1v) is 5.89. The Hall–Kier alpha value is -2.64. The van der Waals surface area contributed by atoms with E-state index in [2.05, 4.69) is 4.98 Å². The Morgan fingerprint density at radius 2 is 1.67 bits per heavy atom. The van der Waals surface area contributed by atoms with Crippen LogP contribution in [0, 0.1) is 0 Å². The molecule has 5 nitrogen and oxygen atoms in total. The average molecular weight is 298 g/mol. The number of pyridine rings is 1. The quantitative estimate of drug-likeness (QED) is 0.808. The van der Waals surface area contributed by atoms with Crippen molar-refractivity contribution in [2.24, 2.45) is 0 Å². The lowest BCUT2D eigenvalue weighted by molar-refractivity contribution is -0.197. The van der Waals surface area contributed by atoms with Gasteiger partial charge in [0.2, 0.25) is 6.10 Å². The standard InChI is InChI=1S/C13H13F3N4O/c14-13(15,16)11(7-4-2-1-3-5-7)21-8-6-9(17)20-12(19)10(8)18/h1-6,11H,18H2,(H4,17,19,20). The molecule has 2 aromatic rings. The van der Waals surface area contributed by atoms with Crippen LogP contribution < -0.4 is 21.9 Å². The van der Waals surface area contributed by atoms with Gasteiger partial charge in [-0.05, 0) is 0 Å². The number of nitrogens with two attached hydrogens (primary N) is 3. The molecule has 0 amide bonds. The van der Waals surface area contributed by atoms with E-state index in [1.807, 2.05) is 0 Å². The summed E-state index contributed by atoms with van der Waals surface area (Å²) in [6.45, 7) is 0. The molecule has 0 aliphatic heterocycles. The summed E-state index contributed by atoms with van der Waals surface area (Å²) in [5.41, 5.74) is 16.3. The summed E-state index contributed by atoms with van der Waals surface area (Å²) >= 11 is 0. The minimum Gasteiger partial charge on any atom is -0.474 e. The Bertz CT molecular complexity index is 631. The second-order valence-electron chi connectivity index (χ2n) is 4.29. The number of benzene rings is 1. The van der Waals surface area contributed by atoms with Crippen molar-refractivity contribution < 1.29 is 17.9 Å². The second kappa shape index (κ2) is 5.39. The Labute approximate surface area is 118 Å². The highest BCUT2D eigenvalue weighted by atomic mass is 19.4. The normalized spacial score (nSPS) is 12.9. The van der Waals surface area contributed by atoms with Gasteiger partial charge in [0.1, 0.15) is 11.5 Å². The first kappa shape index (κ1) is 14.8. The maximum Gasteiger partial charge on any atom is 0.429 e. The summed E-state index contributed by atoms with van der Waals surface area (Å²) in [4.78, 5) is 3.65. The molecule has 1 aromatic heterocycles. The molecule has 0 fully saturated rings. The van der Waals surface area contributed by atoms with E-state index in [-0.39, 0.29) is 28.6 Å². The number of aromatic nitrogens is 1. The zero-order valence-corrected chi connectivity index (χ0v) is 10.8. The van der Waals surface area contributed by atoms with Crippen LogP contribution in [0.15, 0.2) is 36.4 Å². The van der Waals surface area contributed by atoms with Gasteiger partial charge in [-0.2, -0.15) is 13.2 Å². The van der Waals surface area contributed by atoms with Crippen molar-refractivity contribution in [3.8, 4) is 5.75 Å². The number of ether oxygens (including phenoxy) is 1. The largest absolute Gasteiger partial charge is 0.474 e. The predicted octanol–water partition coefficient (Wildman–Crippen LogP) is 2.51. The SMILES string of the molecule is Nc1cc(OC(c2ccccc2)C(F)(F)F)c(N)c(N)n1. The van der Waals surface area contributed by atoms with Gasteiger partial charge in [-0.3, -0.25) is 0 Å². The van der Waals surface area contributed by atoms with Crippen molar-refractivity contribution in [1.82, 2.24) is 4.98 Å². The average Bonchev–Trinajstić information content (AvgIpc) is 2.40. The zero-order valence-electron chi connectivity index (χ0n) is 10.8. The van der Waals surface area contributed by atoms with Crippen molar-refractivity contribution >= 4 is 17.3 Å². The van der Waals surface area contributed by atoms with Gasteiger partial charge in [0, 0.05) is 11.6 Å². The van der Waals surface area contributed by atoms with Crippen molar-refractivity contribution in [2.75, 3.05) is 17.2 Å². The van der Waals surface area contributed by atoms with Gasteiger partial charge in [0.05, 0.1) is 0 Å². The van der Waals surface area contributed by atoms with Crippen LogP contribution in [0.25, 0.3) is 0 Å². The highest BCUT2D eigenvalue weighted by Gasteiger charge is 2.43. The van der Waals surface area contributed by atoms with Crippen molar-refractivity contribution in [3.05, 3.63) is 42.0 Å². The van der Waals surface area contributed by atoms with Crippen molar-refractivity contribution in [1.29, 1.82) is 0 Å². The number of nitrogens with zero attached hydrogens (tertiary/aromatic N) is 1. The van der Waals surface area contributed by atoms with E-state index in [9.17, 15) is 13.2 Å². The van der Waals surface area contributed by atoms with E-state index in [1.54, 1.807) is 6.07 Å². The number of anilines is 3. The zero-order chi connectivity index (χ0) is 15.6. The molecule has 6 N–H and O–H groups in total. The molecule has 0 saturated carbocycles. The van der Waals surface area contributed by atoms with Crippen LogP contribution in [-0.2, 0) is 0 Å². The Balaban J connectivity index is 2.42. The molecule has 8 heteroatoms. The summed E-state index contributed by atoms with van der Waals surface area (Å²) in [5.74, 6) is -0.518. The third kappa shape index (κ3) is 3.28.